The minimum Gasteiger partial charge on any atom is -0.455 e. The van der Waals surface area contributed by atoms with Crippen LogP contribution in [0.15, 0.2) is 126 Å². The van der Waals surface area contributed by atoms with Gasteiger partial charge in [-0.25, -0.2) is 19.1 Å². The Hall–Kier alpha value is -5.55. The van der Waals surface area contributed by atoms with Gasteiger partial charge in [0.1, 0.15) is 11.1 Å². The first-order chi connectivity index (χ1) is 21.1. The number of furan rings is 1. The van der Waals surface area contributed by atoms with E-state index in [-0.39, 0.29) is 0 Å². The lowest BCUT2D eigenvalue weighted by molar-refractivity contribution is -0.634. The molecule has 0 saturated heterocycles. The monoisotopic (exact) mass is 557 g/mol. The molecule has 0 aliphatic heterocycles. The Balaban J connectivity index is 1.34. The van der Waals surface area contributed by atoms with Crippen molar-refractivity contribution in [2.45, 2.75) is 6.92 Å². The highest BCUT2D eigenvalue weighted by atomic mass is 16.3. The van der Waals surface area contributed by atoms with Crippen LogP contribution in [0, 0.1) is 6.92 Å². The second-order valence-electron chi connectivity index (χ2n) is 11.1. The van der Waals surface area contributed by atoms with Gasteiger partial charge in [0.25, 0.3) is 5.82 Å². The predicted molar refractivity (Wildman–Crippen MR) is 173 cm³/mol. The normalized spacial score (nSPS) is 11.6. The van der Waals surface area contributed by atoms with Gasteiger partial charge in [0, 0.05) is 27.5 Å². The standard InChI is InChI=1S/C38H29N4O/c1-24-18-20-28-29-22-27(37-39-30(25-12-6-4-7-13-25)23-31(40-37)26-14-8-5-9-15-26)19-21-34(29)43-36(28)35(24)38-41(2)32-16-10-11-17-33(32)42(38)3/h4-23H,1-3H3/q+1. The van der Waals surface area contributed by atoms with E-state index in [2.05, 4.69) is 109 Å². The molecule has 0 N–H and O–H groups in total. The maximum absolute atomic E-state index is 6.63. The maximum Gasteiger partial charge on any atom is 0.293 e. The lowest BCUT2D eigenvalue weighted by Gasteiger charge is -2.09. The molecule has 5 aromatic carbocycles. The fourth-order valence-corrected chi connectivity index (χ4v) is 6.27. The van der Waals surface area contributed by atoms with Crippen LogP contribution < -0.4 is 4.57 Å². The van der Waals surface area contributed by atoms with Crippen molar-refractivity contribution in [1.29, 1.82) is 0 Å². The number of fused-ring (bicyclic) bond motifs is 4. The number of imidazole rings is 1. The Labute approximate surface area is 249 Å². The van der Waals surface area contributed by atoms with Crippen molar-refractivity contribution >= 4 is 33.0 Å². The van der Waals surface area contributed by atoms with E-state index in [1.807, 2.05) is 42.5 Å². The van der Waals surface area contributed by atoms with Gasteiger partial charge in [-0.1, -0.05) is 84.9 Å². The highest BCUT2D eigenvalue weighted by Gasteiger charge is 2.27. The van der Waals surface area contributed by atoms with Crippen LogP contribution in [0.5, 0.6) is 0 Å². The number of hydrogen-bond acceptors (Lipinski definition) is 3. The molecule has 0 radical (unpaired) electrons. The minimum absolute atomic E-state index is 0.684. The number of aryl methyl sites for hydroxylation is 3. The van der Waals surface area contributed by atoms with Crippen molar-refractivity contribution in [3.63, 3.8) is 0 Å². The average molecular weight is 558 g/mol. The van der Waals surface area contributed by atoms with Crippen LogP contribution in [0.3, 0.4) is 0 Å². The molecule has 0 amide bonds. The zero-order valence-electron chi connectivity index (χ0n) is 24.2. The molecule has 0 spiro atoms. The summed E-state index contributed by atoms with van der Waals surface area (Å²) in [5, 5.41) is 2.12. The largest absolute Gasteiger partial charge is 0.455 e. The first-order valence-electron chi connectivity index (χ1n) is 14.5. The van der Waals surface area contributed by atoms with Crippen molar-refractivity contribution in [2.75, 3.05) is 0 Å². The topological polar surface area (TPSA) is 47.7 Å². The quantitative estimate of drug-likeness (QED) is 0.203. The van der Waals surface area contributed by atoms with Gasteiger partial charge in [0.2, 0.25) is 0 Å². The Morgan fingerprint density at radius 2 is 1.30 bits per heavy atom. The number of nitrogens with zero attached hydrogens (tertiary/aromatic N) is 4. The Bertz CT molecular complexity index is 2220. The molecule has 5 nitrogen and oxygen atoms in total. The molecule has 3 heterocycles. The summed E-state index contributed by atoms with van der Waals surface area (Å²) in [7, 11) is 4.25. The third-order valence-electron chi connectivity index (χ3n) is 8.43. The van der Waals surface area contributed by atoms with Gasteiger partial charge in [-0.2, -0.15) is 0 Å². The van der Waals surface area contributed by atoms with Crippen LogP contribution >= 0.6 is 0 Å². The summed E-state index contributed by atoms with van der Waals surface area (Å²) in [4.78, 5) is 10.1. The predicted octanol–water partition coefficient (Wildman–Crippen LogP) is 8.67. The molecule has 0 aliphatic carbocycles. The van der Waals surface area contributed by atoms with Crippen LogP contribution in [0.4, 0.5) is 0 Å². The van der Waals surface area contributed by atoms with E-state index in [0.29, 0.717) is 5.82 Å². The van der Waals surface area contributed by atoms with Gasteiger partial charge in [-0.3, -0.25) is 0 Å². The number of hydrogen-bond donors (Lipinski definition) is 0. The molecule has 0 saturated carbocycles. The summed E-state index contributed by atoms with van der Waals surface area (Å²) < 4.78 is 11.1. The van der Waals surface area contributed by atoms with Crippen LogP contribution in [-0.2, 0) is 14.1 Å². The SMILES string of the molecule is Cc1ccc2c(oc3ccc(-c4nc(-c5ccccc5)cc(-c5ccccc5)n4)cc32)c1-c1n(C)c2ccccc2[n+]1C. The molecule has 43 heavy (non-hydrogen) atoms. The highest BCUT2D eigenvalue weighted by Crippen LogP contribution is 2.39. The van der Waals surface area contributed by atoms with E-state index in [4.69, 9.17) is 14.4 Å². The van der Waals surface area contributed by atoms with Crippen LogP contribution in [0.2, 0.25) is 0 Å². The second kappa shape index (κ2) is 9.78. The van der Waals surface area contributed by atoms with Gasteiger partial charge in [-0.05, 0) is 48.9 Å². The third-order valence-corrected chi connectivity index (χ3v) is 8.43. The molecule has 0 bridgehead atoms. The van der Waals surface area contributed by atoms with Crippen molar-refractivity contribution in [3.8, 4) is 45.3 Å². The summed E-state index contributed by atoms with van der Waals surface area (Å²) >= 11 is 0. The first-order valence-corrected chi connectivity index (χ1v) is 14.5. The molecule has 3 aromatic heterocycles. The summed E-state index contributed by atoms with van der Waals surface area (Å²) in [5.74, 6) is 1.79. The number of benzene rings is 5. The Morgan fingerprint density at radius 3 is 1.98 bits per heavy atom. The molecule has 0 fully saturated rings. The molecule has 8 aromatic rings. The lowest BCUT2D eigenvalue weighted by Crippen LogP contribution is -2.30. The molecule has 5 heteroatoms. The van der Waals surface area contributed by atoms with Crippen molar-refractivity contribution in [2.24, 2.45) is 14.1 Å². The van der Waals surface area contributed by atoms with Crippen LogP contribution in [0.25, 0.3) is 78.3 Å². The van der Waals surface area contributed by atoms with Gasteiger partial charge < -0.3 is 4.42 Å². The van der Waals surface area contributed by atoms with Gasteiger partial charge in [-0.15, -0.1) is 0 Å². The van der Waals surface area contributed by atoms with E-state index < -0.39 is 0 Å². The summed E-state index contributed by atoms with van der Waals surface area (Å²) in [6.45, 7) is 2.15. The molecular weight excluding hydrogens is 528 g/mol. The van der Waals surface area contributed by atoms with E-state index in [1.165, 1.54) is 16.6 Å². The fraction of sp³-hybridized carbons (Fsp3) is 0.0789. The smallest absolute Gasteiger partial charge is 0.293 e. The molecule has 8 rings (SSSR count). The van der Waals surface area contributed by atoms with Gasteiger partial charge in [0.15, 0.2) is 22.4 Å². The average Bonchev–Trinajstić information content (AvgIpc) is 3.55. The summed E-state index contributed by atoms with van der Waals surface area (Å²) in [6.07, 6.45) is 0. The lowest BCUT2D eigenvalue weighted by atomic mass is 10.0. The van der Waals surface area contributed by atoms with E-state index in [1.54, 1.807) is 0 Å². The van der Waals surface area contributed by atoms with Crippen molar-refractivity contribution < 1.29 is 8.98 Å². The third kappa shape index (κ3) is 4.04. The zero-order chi connectivity index (χ0) is 29.1. The molecule has 0 unspecified atom stereocenters. The highest BCUT2D eigenvalue weighted by molar-refractivity contribution is 6.10. The number of para-hydroxylation sites is 2. The summed E-state index contributed by atoms with van der Waals surface area (Å²) in [6, 6.07) is 41.8. The van der Waals surface area contributed by atoms with Crippen LogP contribution in [-0.4, -0.2) is 14.5 Å². The Kier molecular flexibility index (Phi) is 5.73. The fourth-order valence-electron chi connectivity index (χ4n) is 6.27. The molecule has 0 atom stereocenters. The molecule has 0 aliphatic rings. The maximum atomic E-state index is 6.63. The van der Waals surface area contributed by atoms with Gasteiger partial charge >= 0.3 is 0 Å². The molecule has 206 valence electrons. The van der Waals surface area contributed by atoms with E-state index >= 15 is 0 Å². The number of rotatable bonds is 4. The zero-order valence-corrected chi connectivity index (χ0v) is 24.2. The van der Waals surface area contributed by atoms with Crippen molar-refractivity contribution in [1.82, 2.24) is 14.5 Å². The molecular formula is C38H29N4O+. The minimum atomic E-state index is 0.684. The van der Waals surface area contributed by atoms with Crippen molar-refractivity contribution in [3.05, 3.63) is 127 Å². The second-order valence-corrected chi connectivity index (χ2v) is 11.1. The van der Waals surface area contributed by atoms with E-state index in [9.17, 15) is 0 Å². The van der Waals surface area contributed by atoms with Gasteiger partial charge in [0.05, 0.1) is 25.5 Å². The van der Waals surface area contributed by atoms with E-state index in [0.717, 1.165) is 61.4 Å². The number of aromatic nitrogens is 4. The van der Waals surface area contributed by atoms with Crippen LogP contribution in [0.1, 0.15) is 5.56 Å². The summed E-state index contributed by atoms with van der Waals surface area (Å²) in [5.41, 5.74) is 11.2. The first kappa shape index (κ1) is 25.2. The Morgan fingerprint density at radius 1 is 0.651 bits per heavy atom.